The van der Waals surface area contributed by atoms with Gasteiger partial charge in [0, 0.05) is 47.9 Å². The molecule has 110 valence electrons. The number of halogens is 1. The van der Waals surface area contributed by atoms with E-state index in [4.69, 9.17) is 4.74 Å². The van der Waals surface area contributed by atoms with Crippen LogP contribution in [0.5, 0.6) is 0 Å². The summed E-state index contributed by atoms with van der Waals surface area (Å²) in [5.41, 5.74) is 2.85. The number of rotatable bonds is 2. The molecule has 2 fully saturated rings. The lowest BCUT2D eigenvalue weighted by molar-refractivity contribution is -0.0942. The van der Waals surface area contributed by atoms with Crippen molar-refractivity contribution >= 4 is 26.8 Å². The molecule has 2 saturated heterocycles. The van der Waals surface area contributed by atoms with Crippen LogP contribution >= 0.6 is 15.9 Å². The zero-order valence-electron chi connectivity index (χ0n) is 12.0. The van der Waals surface area contributed by atoms with Crippen LogP contribution in [0, 0.1) is 0 Å². The van der Waals surface area contributed by atoms with Gasteiger partial charge in [0.1, 0.15) is 0 Å². The Morgan fingerprint density at radius 2 is 2.05 bits per heavy atom. The molecule has 0 unspecified atom stereocenters. The highest BCUT2D eigenvalue weighted by Gasteiger charge is 2.45. The van der Waals surface area contributed by atoms with Gasteiger partial charge in [0.25, 0.3) is 0 Å². The van der Waals surface area contributed by atoms with Crippen LogP contribution in [0.15, 0.2) is 34.9 Å². The minimum Gasteiger partial charge on any atom is -0.381 e. The van der Waals surface area contributed by atoms with E-state index in [1.54, 1.807) is 0 Å². The van der Waals surface area contributed by atoms with Crippen molar-refractivity contribution in [3.63, 3.8) is 0 Å². The summed E-state index contributed by atoms with van der Waals surface area (Å²) in [7, 11) is 0. The van der Waals surface area contributed by atoms with Gasteiger partial charge in [-0.3, -0.25) is 9.88 Å². The number of nitrogens with zero attached hydrogens (tertiary/aromatic N) is 2. The third-order valence-electron chi connectivity index (χ3n) is 5.10. The molecule has 0 atom stereocenters. The number of hydrogen-bond donors (Lipinski definition) is 0. The van der Waals surface area contributed by atoms with Gasteiger partial charge in [0.15, 0.2) is 0 Å². The van der Waals surface area contributed by atoms with Crippen molar-refractivity contribution in [2.45, 2.75) is 31.3 Å². The third-order valence-corrected chi connectivity index (χ3v) is 5.79. The highest BCUT2D eigenvalue weighted by atomic mass is 79.9. The first-order chi connectivity index (χ1) is 10.3. The smallest absolute Gasteiger partial charge is 0.0758 e. The normalized spacial score (nSPS) is 21.6. The molecule has 1 aromatic heterocycles. The third kappa shape index (κ3) is 2.30. The Balaban J connectivity index is 1.64. The molecular weight excluding hydrogens is 328 g/mol. The molecule has 0 bridgehead atoms. The maximum atomic E-state index is 5.54. The number of pyridine rings is 1. The molecule has 0 aliphatic carbocycles. The van der Waals surface area contributed by atoms with Crippen molar-refractivity contribution in [1.82, 2.24) is 9.88 Å². The van der Waals surface area contributed by atoms with E-state index in [9.17, 15) is 0 Å². The Hall–Kier alpha value is -0.970. The monoisotopic (exact) mass is 346 g/mol. The van der Waals surface area contributed by atoms with Gasteiger partial charge in [-0.15, -0.1) is 0 Å². The number of hydrogen-bond acceptors (Lipinski definition) is 3. The topological polar surface area (TPSA) is 25.4 Å². The Morgan fingerprint density at radius 3 is 2.81 bits per heavy atom. The van der Waals surface area contributed by atoms with E-state index < -0.39 is 0 Å². The number of benzene rings is 1. The minimum absolute atomic E-state index is 0.395. The van der Waals surface area contributed by atoms with E-state index in [-0.39, 0.29) is 0 Å². The van der Waals surface area contributed by atoms with Crippen LogP contribution in [0.4, 0.5) is 0 Å². The van der Waals surface area contributed by atoms with Gasteiger partial charge >= 0.3 is 0 Å². The molecule has 0 N–H and O–H groups in total. The molecule has 0 radical (unpaired) electrons. The summed E-state index contributed by atoms with van der Waals surface area (Å²) >= 11 is 3.63. The van der Waals surface area contributed by atoms with Gasteiger partial charge in [-0.25, -0.2) is 0 Å². The molecule has 1 aromatic carbocycles. The summed E-state index contributed by atoms with van der Waals surface area (Å²) in [6.07, 6.45) is 5.56. The summed E-state index contributed by atoms with van der Waals surface area (Å²) in [6.45, 7) is 4.02. The summed E-state index contributed by atoms with van der Waals surface area (Å²) < 4.78 is 6.66. The molecule has 3 heterocycles. The second-order valence-electron chi connectivity index (χ2n) is 6.11. The Morgan fingerprint density at radius 1 is 1.19 bits per heavy atom. The van der Waals surface area contributed by atoms with Crippen LogP contribution in [0.25, 0.3) is 10.9 Å². The lowest BCUT2D eigenvalue weighted by Crippen LogP contribution is -2.61. The number of likely N-dealkylation sites (tertiary alicyclic amines) is 1. The molecule has 3 nitrogen and oxygen atoms in total. The van der Waals surface area contributed by atoms with Gasteiger partial charge in [-0.05, 0) is 37.0 Å². The highest BCUT2D eigenvalue weighted by molar-refractivity contribution is 9.10. The second-order valence-corrected chi connectivity index (χ2v) is 6.97. The maximum Gasteiger partial charge on any atom is 0.0758 e. The van der Waals surface area contributed by atoms with Crippen LogP contribution in [0.1, 0.15) is 24.8 Å². The van der Waals surface area contributed by atoms with Gasteiger partial charge in [0.2, 0.25) is 0 Å². The van der Waals surface area contributed by atoms with Crippen LogP contribution in [-0.4, -0.2) is 35.2 Å². The average molecular weight is 347 g/mol. The zero-order chi connectivity index (χ0) is 14.3. The molecule has 0 amide bonds. The van der Waals surface area contributed by atoms with Crippen molar-refractivity contribution in [2.24, 2.45) is 0 Å². The van der Waals surface area contributed by atoms with Gasteiger partial charge < -0.3 is 4.74 Å². The van der Waals surface area contributed by atoms with E-state index in [1.165, 1.54) is 36.8 Å². The predicted molar refractivity (Wildman–Crippen MR) is 87.3 cm³/mol. The zero-order valence-corrected chi connectivity index (χ0v) is 13.6. The lowest BCUT2D eigenvalue weighted by Gasteiger charge is -2.55. The molecule has 4 heteroatoms. The Kier molecular flexibility index (Phi) is 3.48. The quantitative estimate of drug-likeness (QED) is 0.827. The summed E-state index contributed by atoms with van der Waals surface area (Å²) in [5, 5.41) is 1.21. The standard InChI is InChI=1S/C17H19BrN2O/c18-15-4-3-13(16-14(15)2-1-8-19-16)12-20-9-5-17(20)6-10-21-11-7-17/h1-4,8H,5-7,9-12H2. The summed E-state index contributed by atoms with van der Waals surface area (Å²) in [5.74, 6) is 0. The molecular formula is C17H19BrN2O. The van der Waals surface area contributed by atoms with Crippen LogP contribution in [0.3, 0.4) is 0 Å². The largest absolute Gasteiger partial charge is 0.381 e. The van der Waals surface area contributed by atoms with E-state index in [0.29, 0.717) is 5.54 Å². The van der Waals surface area contributed by atoms with Gasteiger partial charge in [0.05, 0.1) is 5.52 Å². The van der Waals surface area contributed by atoms with Crippen LogP contribution in [0.2, 0.25) is 0 Å². The molecule has 21 heavy (non-hydrogen) atoms. The maximum absolute atomic E-state index is 5.54. The van der Waals surface area contributed by atoms with Crippen molar-refractivity contribution < 1.29 is 4.74 Å². The van der Waals surface area contributed by atoms with Crippen molar-refractivity contribution in [3.8, 4) is 0 Å². The first kappa shape index (κ1) is 13.7. The lowest BCUT2D eigenvalue weighted by atomic mass is 9.77. The molecule has 1 spiro atoms. The molecule has 4 rings (SSSR count). The van der Waals surface area contributed by atoms with Crippen LogP contribution in [-0.2, 0) is 11.3 Å². The fourth-order valence-corrected chi connectivity index (χ4v) is 4.13. The van der Waals surface area contributed by atoms with Gasteiger partial charge in [-0.1, -0.05) is 28.1 Å². The SMILES string of the molecule is Brc1ccc(CN2CCC23CCOCC3)c2ncccc12. The van der Waals surface area contributed by atoms with Crippen molar-refractivity contribution in [1.29, 1.82) is 0 Å². The van der Waals surface area contributed by atoms with E-state index in [2.05, 4.69) is 44.0 Å². The van der Waals surface area contributed by atoms with Gasteiger partial charge in [-0.2, -0.15) is 0 Å². The molecule has 2 aliphatic heterocycles. The molecule has 2 aliphatic rings. The fraction of sp³-hybridized carbons (Fsp3) is 0.471. The number of fused-ring (bicyclic) bond motifs is 1. The van der Waals surface area contributed by atoms with E-state index in [1.807, 2.05) is 12.3 Å². The fourth-order valence-electron chi connectivity index (χ4n) is 3.68. The Labute approximate surface area is 133 Å². The predicted octanol–water partition coefficient (Wildman–Crippen LogP) is 3.75. The van der Waals surface area contributed by atoms with Crippen LogP contribution < -0.4 is 0 Å². The van der Waals surface area contributed by atoms with Crippen molar-refractivity contribution in [3.05, 3.63) is 40.5 Å². The highest BCUT2D eigenvalue weighted by Crippen LogP contribution is 2.41. The molecule has 0 saturated carbocycles. The minimum atomic E-state index is 0.395. The second kappa shape index (κ2) is 5.34. The summed E-state index contributed by atoms with van der Waals surface area (Å²) in [4.78, 5) is 7.24. The van der Waals surface area contributed by atoms with E-state index in [0.717, 1.165) is 29.7 Å². The summed E-state index contributed by atoms with van der Waals surface area (Å²) in [6, 6.07) is 8.50. The molecule has 2 aromatic rings. The van der Waals surface area contributed by atoms with E-state index >= 15 is 0 Å². The number of ether oxygens (including phenoxy) is 1. The van der Waals surface area contributed by atoms with Crippen molar-refractivity contribution in [2.75, 3.05) is 19.8 Å². The first-order valence-electron chi connectivity index (χ1n) is 7.63. The Bertz CT molecular complexity index is 667. The first-order valence-corrected chi connectivity index (χ1v) is 8.43. The number of aromatic nitrogens is 1. The average Bonchev–Trinajstić information content (AvgIpc) is 2.54.